The number of carbonyl (C=O) groups excluding carboxylic acids is 1. The molecule has 1 heterocycles. The predicted molar refractivity (Wildman–Crippen MR) is 62.1 cm³/mol. The molecule has 2 rings (SSSR count). The zero-order chi connectivity index (χ0) is 13.1. The van der Waals surface area contributed by atoms with E-state index in [1.807, 2.05) is 0 Å². The number of aliphatic hydroxyl groups excluding tert-OH is 1. The molecule has 0 saturated heterocycles. The molecular formula is C12H15NO5. The monoisotopic (exact) mass is 253 g/mol. The van der Waals surface area contributed by atoms with E-state index in [9.17, 15) is 9.90 Å². The highest BCUT2D eigenvalue weighted by Crippen LogP contribution is 2.34. The van der Waals surface area contributed by atoms with Crippen LogP contribution in [0.1, 0.15) is 18.1 Å². The summed E-state index contributed by atoms with van der Waals surface area (Å²) in [5, 5.41) is 10.0. The van der Waals surface area contributed by atoms with E-state index in [1.165, 1.54) is 7.11 Å². The summed E-state index contributed by atoms with van der Waals surface area (Å²) in [6.45, 7) is 0.170. The first kappa shape index (κ1) is 12.7. The molecule has 18 heavy (non-hydrogen) atoms. The average Bonchev–Trinajstić information content (AvgIpc) is 2.84. The summed E-state index contributed by atoms with van der Waals surface area (Å²) >= 11 is 0. The Labute approximate surface area is 104 Å². The zero-order valence-corrected chi connectivity index (χ0v) is 9.96. The summed E-state index contributed by atoms with van der Waals surface area (Å²) in [4.78, 5) is 11.1. The molecule has 0 aromatic heterocycles. The summed E-state index contributed by atoms with van der Waals surface area (Å²) in [5.74, 6) is 0.742. The third-order valence-electron chi connectivity index (χ3n) is 2.77. The van der Waals surface area contributed by atoms with Gasteiger partial charge < -0.3 is 25.1 Å². The molecule has 0 amide bonds. The second-order valence-corrected chi connectivity index (χ2v) is 4.00. The van der Waals surface area contributed by atoms with Crippen LogP contribution < -0.4 is 15.2 Å². The first-order valence-corrected chi connectivity index (χ1v) is 5.52. The SMILES string of the molecule is COC(=O)CC(N)C(O)c1ccc2c(c1)OCO2. The number of rotatable bonds is 4. The molecule has 0 bridgehead atoms. The van der Waals surface area contributed by atoms with Gasteiger partial charge in [0, 0.05) is 6.04 Å². The van der Waals surface area contributed by atoms with Crippen molar-refractivity contribution in [3.8, 4) is 11.5 Å². The summed E-state index contributed by atoms with van der Waals surface area (Å²) in [7, 11) is 1.28. The molecule has 0 saturated carbocycles. The number of ether oxygens (including phenoxy) is 3. The van der Waals surface area contributed by atoms with Gasteiger partial charge in [0.2, 0.25) is 6.79 Å². The smallest absolute Gasteiger partial charge is 0.307 e. The lowest BCUT2D eigenvalue weighted by Gasteiger charge is -2.18. The van der Waals surface area contributed by atoms with Crippen molar-refractivity contribution >= 4 is 5.97 Å². The fourth-order valence-electron chi connectivity index (χ4n) is 1.73. The van der Waals surface area contributed by atoms with Crippen LogP contribution in [0.3, 0.4) is 0 Å². The number of fused-ring (bicyclic) bond motifs is 1. The highest BCUT2D eigenvalue weighted by atomic mass is 16.7. The van der Waals surface area contributed by atoms with E-state index in [0.717, 1.165) is 0 Å². The summed E-state index contributed by atoms with van der Waals surface area (Å²) < 4.78 is 14.9. The van der Waals surface area contributed by atoms with Crippen LogP contribution in [0.5, 0.6) is 11.5 Å². The average molecular weight is 253 g/mol. The molecule has 0 fully saturated rings. The Morgan fingerprint density at radius 2 is 2.22 bits per heavy atom. The molecule has 0 aliphatic carbocycles. The van der Waals surface area contributed by atoms with Gasteiger partial charge in [-0.3, -0.25) is 4.79 Å². The molecular weight excluding hydrogens is 238 g/mol. The fraction of sp³-hybridized carbons (Fsp3) is 0.417. The lowest BCUT2D eigenvalue weighted by Crippen LogP contribution is -2.31. The van der Waals surface area contributed by atoms with Crippen molar-refractivity contribution in [1.82, 2.24) is 0 Å². The Balaban J connectivity index is 2.08. The summed E-state index contributed by atoms with van der Waals surface area (Å²) in [5.41, 5.74) is 6.33. The van der Waals surface area contributed by atoms with Gasteiger partial charge in [0.05, 0.1) is 19.6 Å². The van der Waals surface area contributed by atoms with Crippen molar-refractivity contribution in [2.45, 2.75) is 18.6 Å². The maximum absolute atomic E-state index is 11.1. The zero-order valence-electron chi connectivity index (χ0n) is 9.96. The van der Waals surface area contributed by atoms with Gasteiger partial charge in [0.25, 0.3) is 0 Å². The molecule has 6 heteroatoms. The number of methoxy groups -OCH3 is 1. The van der Waals surface area contributed by atoms with E-state index in [0.29, 0.717) is 17.1 Å². The molecule has 1 aromatic carbocycles. The van der Waals surface area contributed by atoms with Crippen LogP contribution in [-0.4, -0.2) is 31.0 Å². The Morgan fingerprint density at radius 1 is 1.50 bits per heavy atom. The number of esters is 1. The number of hydrogen-bond acceptors (Lipinski definition) is 6. The lowest BCUT2D eigenvalue weighted by molar-refractivity contribution is -0.141. The topological polar surface area (TPSA) is 91.0 Å². The molecule has 0 radical (unpaired) electrons. The highest BCUT2D eigenvalue weighted by Gasteiger charge is 2.23. The molecule has 2 atom stereocenters. The molecule has 98 valence electrons. The number of carbonyl (C=O) groups is 1. The van der Waals surface area contributed by atoms with Crippen molar-refractivity contribution in [1.29, 1.82) is 0 Å². The quantitative estimate of drug-likeness (QED) is 0.752. The molecule has 1 aromatic rings. The Kier molecular flexibility index (Phi) is 3.69. The molecule has 1 aliphatic heterocycles. The normalized spacial score (nSPS) is 16.2. The predicted octanol–water partition coefficient (Wildman–Crippen LogP) is 0.339. The first-order chi connectivity index (χ1) is 8.61. The highest BCUT2D eigenvalue weighted by molar-refractivity contribution is 5.70. The van der Waals surface area contributed by atoms with Gasteiger partial charge in [0.15, 0.2) is 11.5 Å². The van der Waals surface area contributed by atoms with Gasteiger partial charge in [-0.15, -0.1) is 0 Å². The first-order valence-electron chi connectivity index (χ1n) is 5.52. The van der Waals surface area contributed by atoms with Gasteiger partial charge in [-0.1, -0.05) is 6.07 Å². The van der Waals surface area contributed by atoms with E-state index < -0.39 is 18.1 Å². The number of aliphatic hydroxyl groups is 1. The minimum atomic E-state index is -0.960. The van der Waals surface area contributed by atoms with E-state index in [-0.39, 0.29) is 13.2 Å². The molecule has 0 spiro atoms. The number of benzene rings is 1. The maximum Gasteiger partial charge on any atom is 0.307 e. The minimum absolute atomic E-state index is 0.0495. The fourth-order valence-corrected chi connectivity index (χ4v) is 1.73. The summed E-state index contributed by atoms with van der Waals surface area (Å²) in [6.07, 6.45) is -1.01. The van der Waals surface area contributed by atoms with Gasteiger partial charge in [-0.05, 0) is 17.7 Å². The van der Waals surface area contributed by atoms with Crippen molar-refractivity contribution in [2.24, 2.45) is 5.73 Å². The van der Waals surface area contributed by atoms with E-state index >= 15 is 0 Å². The molecule has 1 aliphatic rings. The van der Waals surface area contributed by atoms with Gasteiger partial charge in [-0.25, -0.2) is 0 Å². The Hall–Kier alpha value is -1.79. The van der Waals surface area contributed by atoms with Crippen molar-refractivity contribution < 1.29 is 24.1 Å². The number of hydrogen-bond donors (Lipinski definition) is 2. The second-order valence-electron chi connectivity index (χ2n) is 4.00. The van der Waals surface area contributed by atoms with Crippen LogP contribution in [0.4, 0.5) is 0 Å². The number of nitrogens with two attached hydrogens (primary N) is 1. The van der Waals surface area contributed by atoms with Crippen LogP contribution in [0.25, 0.3) is 0 Å². The maximum atomic E-state index is 11.1. The van der Waals surface area contributed by atoms with E-state index in [2.05, 4.69) is 4.74 Å². The van der Waals surface area contributed by atoms with Crippen LogP contribution in [0.2, 0.25) is 0 Å². The van der Waals surface area contributed by atoms with Gasteiger partial charge >= 0.3 is 5.97 Å². The Morgan fingerprint density at radius 3 is 2.94 bits per heavy atom. The summed E-state index contributed by atoms with van der Waals surface area (Å²) in [6, 6.07) is 4.32. The molecule has 6 nitrogen and oxygen atoms in total. The van der Waals surface area contributed by atoms with Crippen LogP contribution in [-0.2, 0) is 9.53 Å². The third-order valence-corrected chi connectivity index (χ3v) is 2.77. The molecule has 3 N–H and O–H groups in total. The largest absolute Gasteiger partial charge is 0.469 e. The van der Waals surface area contributed by atoms with Gasteiger partial charge in [-0.2, -0.15) is 0 Å². The van der Waals surface area contributed by atoms with E-state index in [4.69, 9.17) is 15.2 Å². The van der Waals surface area contributed by atoms with Crippen molar-refractivity contribution in [2.75, 3.05) is 13.9 Å². The third kappa shape index (κ3) is 2.55. The Bertz CT molecular complexity index is 448. The van der Waals surface area contributed by atoms with Crippen molar-refractivity contribution in [3.05, 3.63) is 23.8 Å². The van der Waals surface area contributed by atoms with Crippen LogP contribution in [0.15, 0.2) is 18.2 Å². The second kappa shape index (κ2) is 5.24. The minimum Gasteiger partial charge on any atom is -0.469 e. The van der Waals surface area contributed by atoms with E-state index in [1.54, 1.807) is 18.2 Å². The lowest BCUT2D eigenvalue weighted by atomic mass is 10.00. The standard InChI is InChI=1S/C12H15NO5/c1-16-11(14)5-8(13)12(15)7-2-3-9-10(4-7)18-6-17-9/h2-4,8,12,15H,5-6,13H2,1H3. The van der Waals surface area contributed by atoms with Crippen LogP contribution >= 0.6 is 0 Å². The molecule has 2 unspecified atom stereocenters. The van der Waals surface area contributed by atoms with Gasteiger partial charge in [0.1, 0.15) is 0 Å². The van der Waals surface area contributed by atoms with Crippen molar-refractivity contribution in [3.63, 3.8) is 0 Å². The van der Waals surface area contributed by atoms with Crippen LogP contribution in [0, 0.1) is 0 Å².